The van der Waals surface area contributed by atoms with Gasteiger partial charge in [-0.25, -0.2) is 0 Å². The van der Waals surface area contributed by atoms with Crippen molar-refractivity contribution in [2.45, 2.75) is 118 Å². The summed E-state index contributed by atoms with van der Waals surface area (Å²) in [6, 6.07) is 0. The van der Waals surface area contributed by atoms with Gasteiger partial charge in [0.2, 0.25) is 5.91 Å². The van der Waals surface area contributed by atoms with Gasteiger partial charge in [-0.15, -0.1) is 0 Å². The third kappa shape index (κ3) is 16.4. The van der Waals surface area contributed by atoms with Crippen molar-refractivity contribution >= 4 is 5.91 Å². The number of carbonyl (C=O) groups is 1. The van der Waals surface area contributed by atoms with Gasteiger partial charge in [-0.2, -0.15) is 0 Å². The van der Waals surface area contributed by atoms with E-state index in [4.69, 9.17) is 0 Å². The van der Waals surface area contributed by atoms with Crippen molar-refractivity contribution in [2.75, 3.05) is 6.54 Å². The lowest BCUT2D eigenvalue weighted by atomic mass is 10.1. The number of allylic oxidation sites excluding steroid dienone is 3. The Kier molecular flexibility index (Phi) is 18.0. The van der Waals surface area contributed by atoms with Gasteiger partial charge in [-0.05, 0) is 52.9 Å². The van der Waals surface area contributed by atoms with Crippen molar-refractivity contribution in [3.05, 3.63) is 23.3 Å². The zero-order valence-electron chi connectivity index (χ0n) is 18.2. The van der Waals surface area contributed by atoms with Crippen LogP contribution in [-0.2, 0) is 4.79 Å². The molecule has 0 unspecified atom stereocenters. The third-order valence-corrected chi connectivity index (χ3v) is 5.06. The van der Waals surface area contributed by atoms with Crippen molar-refractivity contribution in [3.8, 4) is 0 Å². The molecule has 0 radical (unpaired) electrons. The number of nitrogens with one attached hydrogen (secondary N) is 1. The first-order valence-corrected chi connectivity index (χ1v) is 11.2. The van der Waals surface area contributed by atoms with Crippen LogP contribution in [0.1, 0.15) is 118 Å². The summed E-state index contributed by atoms with van der Waals surface area (Å²) in [4.78, 5) is 11.8. The average Bonchev–Trinajstić information content (AvgIpc) is 2.63. The summed E-state index contributed by atoms with van der Waals surface area (Å²) in [5, 5.41) is 3.01. The van der Waals surface area contributed by atoms with Crippen LogP contribution in [0.2, 0.25) is 0 Å². The molecule has 0 rings (SSSR count). The molecule has 26 heavy (non-hydrogen) atoms. The van der Waals surface area contributed by atoms with Crippen molar-refractivity contribution in [3.63, 3.8) is 0 Å². The molecule has 1 amide bonds. The van der Waals surface area contributed by atoms with E-state index in [-0.39, 0.29) is 5.91 Å². The molecule has 0 spiro atoms. The van der Waals surface area contributed by atoms with Gasteiger partial charge in [-0.3, -0.25) is 4.79 Å². The topological polar surface area (TPSA) is 29.1 Å². The molecule has 0 bridgehead atoms. The van der Waals surface area contributed by atoms with Crippen molar-refractivity contribution in [1.82, 2.24) is 5.32 Å². The quantitative estimate of drug-likeness (QED) is 0.162. The van der Waals surface area contributed by atoms with Crippen LogP contribution in [-0.4, -0.2) is 12.5 Å². The summed E-state index contributed by atoms with van der Waals surface area (Å²) in [6.45, 7) is 8.95. The van der Waals surface area contributed by atoms with E-state index >= 15 is 0 Å². The van der Waals surface area contributed by atoms with Crippen LogP contribution < -0.4 is 5.32 Å². The van der Waals surface area contributed by atoms with Gasteiger partial charge in [0.25, 0.3) is 0 Å². The Morgan fingerprint density at radius 3 is 1.65 bits per heavy atom. The lowest BCUT2D eigenvalue weighted by Crippen LogP contribution is -2.25. The molecule has 0 saturated heterocycles. The summed E-state index contributed by atoms with van der Waals surface area (Å²) in [7, 11) is 0. The summed E-state index contributed by atoms with van der Waals surface area (Å²) < 4.78 is 0. The molecular weight excluding hydrogens is 318 g/mol. The van der Waals surface area contributed by atoms with Gasteiger partial charge < -0.3 is 5.32 Å². The molecule has 0 aliphatic heterocycles. The van der Waals surface area contributed by atoms with Crippen LogP contribution in [0.5, 0.6) is 0 Å². The highest BCUT2D eigenvalue weighted by Gasteiger charge is 2.03. The smallest absolute Gasteiger partial charge is 0.246 e. The van der Waals surface area contributed by atoms with Crippen LogP contribution in [0, 0.1) is 0 Å². The number of carbonyl (C=O) groups excluding carboxylic acids is 1. The second-order valence-corrected chi connectivity index (χ2v) is 7.82. The fourth-order valence-corrected chi connectivity index (χ4v) is 2.93. The first kappa shape index (κ1) is 24.9. The fourth-order valence-electron chi connectivity index (χ4n) is 2.93. The van der Waals surface area contributed by atoms with E-state index < -0.39 is 0 Å². The Hall–Kier alpha value is -1.05. The Morgan fingerprint density at radius 2 is 1.15 bits per heavy atom. The number of rotatable bonds is 17. The van der Waals surface area contributed by atoms with Crippen LogP contribution >= 0.6 is 0 Å². The highest BCUT2D eigenvalue weighted by molar-refractivity contribution is 5.93. The maximum absolute atomic E-state index is 11.8. The molecule has 2 heteroatoms. The molecular formula is C24H45NO. The number of hydrogen-bond acceptors (Lipinski definition) is 1. The van der Waals surface area contributed by atoms with Crippen LogP contribution in [0.25, 0.3) is 0 Å². The van der Waals surface area contributed by atoms with E-state index in [2.05, 4.69) is 24.4 Å². The van der Waals surface area contributed by atoms with Crippen LogP contribution in [0.15, 0.2) is 23.3 Å². The largest absolute Gasteiger partial charge is 0.352 e. The predicted molar refractivity (Wildman–Crippen MR) is 117 cm³/mol. The Morgan fingerprint density at radius 1 is 0.692 bits per heavy atom. The monoisotopic (exact) mass is 363 g/mol. The second kappa shape index (κ2) is 18.7. The van der Waals surface area contributed by atoms with Crippen LogP contribution in [0.3, 0.4) is 0 Å². The first-order chi connectivity index (χ1) is 12.6. The van der Waals surface area contributed by atoms with Crippen LogP contribution in [0.4, 0.5) is 0 Å². The van der Waals surface area contributed by atoms with Crippen molar-refractivity contribution in [2.24, 2.45) is 0 Å². The fraction of sp³-hybridized carbons (Fsp3) is 0.792. The molecule has 152 valence electrons. The van der Waals surface area contributed by atoms with Gasteiger partial charge >= 0.3 is 0 Å². The SMILES string of the molecule is CCCCCCCC/C=C\CCCCCCCCNC(=O)C(C)=C(C)C. The van der Waals surface area contributed by atoms with Gasteiger partial charge in [0.15, 0.2) is 0 Å². The molecule has 0 aromatic heterocycles. The number of hydrogen-bond donors (Lipinski definition) is 1. The average molecular weight is 364 g/mol. The molecule has 0 fully saturated rings. The highest BCUT2D eigenvalue weighted by atomic mass is 16.1. The second-order valence-electron chi connectivity index (χ2n) is 7.82. The minimum absolute atomic E-state index is 0.0951. The van der Waals surface area contributed by atoms with Crippen molar-refractivity contribution in [1.29, 1.82) is 0 Å². The summed E-state index contributed by atoms with van der Waals surface area (Å²) >= 11 is 0. The van der Waals surface area contributed by atoms with E-state index in [1.807, 2.05) is 20.8 Å². The summed E-state index contributed by atoms with van der Waals surface area (Å²) in [5.74, 6) is 0.0951. The van der Waals surface area contributed by atoms with E-state index in [0.29, 0.717) is 0 Å². The lowest BCUT2D eigenvalue weighted by Gasteiger charge is -2.06. The Labute approximate surface area is 163 Å². The summed E-state index contributed by atoms with van der Waals surface area (Å²) in [6.07, 6.45) is 23.2. The zero-order chi connectivity index (χ0) is 19.5. The minimum Gasteiger partial charge on any atom is -0.352 e. The molecule has 2 nitrogen and oxygen atoms in total. The normalized spacial score (nSPS) is 11.1. The maximum Gasteiger partial charge on any atom is 0.246 e. The molecule has 0 heterocycles. The van der Waals surface area contributed by atoms with E-state index in [9.17, 15) is 4.79 Å². The van der Waals surface area contributed by atoms with Gasteiger partial charge in [0.1, 0.15) is 0 Å². The zero-order valence-corrected chi connectivity index (χ0v) is 18.2. The number of amides is 1. The molecule has 0 aromatic rings. The molecule has 0 aromatic carbocycles. The Balaban J connectivity index is 3.28. The predicted octanol–water partition coefficient (Wildman–Crippen LogP) is 7.50. The molecule has 0 saturated carbocycles. The van der Waals surface area contributed by atoms with Crippen molar-refractivity contribution < 1.29 is 4.79 Å². The summed E-state index contributed by atoms with van der Waals surface area (Å²) in [5.41, 5.74) is 1.96. The number of unbranched alkanes of at least 4 members (excludes halogenated alkanes) is 12. The molecule has 0 aliphatic rings. The van der Waals surface area contributed by atoms with E-state index in [0.717, 1.165) is 24.1 Å². The first-order valence-electron chi connectivity index (χ1n) is 11.2. The maximum atomic E-state index is 11.8. The highest BCUT2D eigenvalue weighted by Crippen LogP contribution is 2.10. The Bertz CT molecular complexity index is 391. The van der Waals surface area contributed by atoms with Gasteiger partial charge in [0, 0.05) is 12.1 Å². The van der Waals surface area contributed by atoms with Gasteiger partial charge in [0.05, 0.1) is 0 Å². The van der Waals surface area contributed by atoms with E-state index in [1.54, 1.807) is 0 Å². The molecule has 0 aliphatic carbocycles. The third-order valence-electron chi connectivity index (χ3n) is 5.06. The standard InChI is InChI=1S/C24H45NO/c1-5-6-7-8-9-10-11-12-13-14-15-16-17-18-19-20-21-25-24(26)23(4)22(2)3/h12-13H,5-11,14-21H2,1-4H3,(H,25,26)/b13-12-. The minimum atomic E-state index is 0.0951. The molecule has 0 atom stereocenters. The van der Waals surface area contributed by atoms with Gasteiger partial charge in [-0.1, -0.05) is 82.4 Å². The van der Waals surface area contributed by atoms with E-state index in [1.165, 1.54) is 83.5 Å². The lowest BCUT2D eigenvalue weighted by molar-refractivity contribution is -0.117. The molecule has 1 N–H and O–H groups in total.